The molecule has 0 unspecified atom stereocenters. The zero-order chi connectivity index (χ0) is 15.0. The molecule has 0 atom stereocenters. The smallest absolute Gasteiger partial charge is 0.257 e. The summed E-state index contributed by atoms with van der Waals surface area (Å²) < 4.78 is 0. The normalized spacial score (nSPS) is 14.0. The fourth-order valence-electron chi connectivity index (χ4n) is 2.25. The number of pyridine rings is 1. The van der Waals surface area contributed by atoms with Crippen LogP contribution in [0.5, 0.6) is 0 Å². The molecule has 1 aliphatic carbocycles. The molecule has 2 heterocycles. The van der Waals surface area contributed by atoms with E-state index in [1.165, 1.54) is 6.07 Å². The van der Waals surface area contributed by atoms with E-state index in [4.69, 9.17) is 0 Å². The second-order valence-corrected chi connectivity index (χ2v) is 5.37. The molecule has 1 saturated carbocycles. The van der Waals surface area contributed by atoms with Crippen LogP contribution < -0.4 is 10.9 Å². The monoisotopic (exact) mass is 284 g/mol. The quantitative estimate of drug-likeness (QED) is 0.901. The van der Waals surface area contributed by atoms with Gasteiger partial charge in [-0.3, -0.25) is 9.59 Å². The van der Waals surface area contributed by atoms with Gasteiger partial charge < -0.3 is 10.3 Å². The van der Waals surface area contributed by atoms with Gasteiger partial charge in [0.05, 0.1) is 0 Å². The third-order valence-corrected chi connectivity index (χ3v) is 3.34. The van der Waals surface area contributed by atoms with Crippen LogP contribution in [0.3, 0.4) is 0 Å². The Morgan fingerprint density at radius 3 is 2.67 bits per heavy atom. The number of aryl methyl sites for hydroxylation is 2. The number of rotatable bonds is 3. The molecule has 1 amide bonds. The van der Waals surface area contributed by atoms with Crippen LogP contribution in [0.15, 0.2) is 23.0 Å². The van der Waals surface area contributed by atoms with Crippen LogP contribution in [0.2, 0.25) is 0 Å². The first-order valence-electron chi connectivity index (χ1n) is 6.89. The van der Waals surface area contributed by atoms with Gasteiger partial charge in [0.15, 0.2) is 0 Å². The van der Waals surface area contributed by atoms with E-state index in [2.05, 4.69) is 20.3 Å². The number of nitrogens with one attached hydrogen (secondary N) is 2. The van der Waals surface area contributed by atoms with Crippen LogP contribution in [0.25, 0.3) is 0 Å². The number of hydrogen-bond donors (Lipinski definition) is 2. The number of carbonyl (C=O) groups is 1. The highest BCUT2D eigenvalue weighted by atomic mass is 16.2. The summed E-state index contributed by atoms with van der Waals surface area (Å²) in [4.78, 5) is 34.8. The maximum atomic E-state index is 12.2. The lowest BCUT2D eigenvalue weighted by molar-refractivity contribution is 0.102. The molecule has 1 aliphatic rings. The number of amides is 1. The Labute approximate surface area is 121 Å². The number of aromatic nitrogens is 3. The zero-order valence-electron chi connectivity index (χ0n) is 11.9. The molecule has 2 aromatic heterocycles. The molecule has 0 aliphatic heterocycles. The van der Waals surface area contributed by atoms with Crippen molar-refractivity contribution in [2.24, 2.45) is 0 Å². The minimum Gasteiger partial charge on any atom is -0.326 e. The van der Waals surface area contributed by atoms with E-state index in [0.29, 0.717) is 28.8 Å². The molecule has 1 fully saturated rings. The zero-order valence-corrected chi connectivity index (χ0v) is 11.9. The van der Waals surface area contributed by atoms with Gasteiger partial charge in [-0.2, -0.15) is 0 Å². The summed E-state index contributed by atoms with van der Waals surface area (Å²) in [7, 11) is 0. The summed E-state index contributed by atoms with van der Waals surface area (Å²) in [6, 6.07) is 4.72. The van der Waals surface area contributed by atoms with Crippen LogP contribution in [0.4, 0.5) is 5.82 Å². The fourth-order valence-corrected chi connectivity index (χ4v) is 2.25. The molecule has 0 saturated heterocycles. The Bertz CT molecular complexity index is 763. The molecule has 3 rings (SSSR count). The lowest BCUT2D eigenvalue weighted by Gasteiger charge is -2.07. The van der Waals surface area contributed by atoms with E-state index >= 15 is 0 Å². The minimum atomic E-state index is -0.343. The second kappa shape index (κ2) is 5.12. The van der Waals surface area contributed by atoms with Gasteiger partial charge >= 0.3 is 0 Å². The third-order valence-electron chi connectivity index (χ3n) is 3.34. The molecule has 108 valence electrons. The summed E-state index contributed by atoms with van der Waals surface area (Å²) in [6.07, 6.45) is 2.27. The Morgan fingerprint density at radius 2 is 2.00 bits per heavy atom. The van der Waals surface area contributed by atoms with Crippen molar-refractivity contribution >= 4 is 11.7 Å². The number of anilines is 1. The van der Waals surface area contributed by atoms with E-state index < -0.39 is 0 Å². The van der Waals surface area contributed by atoms with Gasteiger partial charge in [-0.15, -0.1) is 0 Å². The first kappa shape index (κ1) is 13.5. The number of hydrogen-bond acceptors (Lipinski definition) is 4. The molecule has 6 heteroatoms. The van der Waals surface area contributed by atoms with Crippen molar-refractivity contribution < 1.29 is 4.79 Å². The van der Waals surface area contributed by atoms with Gasteiger partial charge in [0.25, 0.3) is 5.91 Å². The first-order chi connectivity index (χ1) is 10.0. The summed E-state index contributed by atoms with van der Waals surface area (Å²) in [5.41, 5.74) is 1.64. The number of H-pyrrole nitrogens is 1. The summed E-state index contributed by atoms with van der Waals surface area (Å²) in [6.45, 7) is 3.54. The van der Waals surface area contributed by atoms with Gasteiger partial charge in [-0.05, 0) is 32.8 Å². The van der Waals surface area contributed by atoms with Crippen molar-refractivity contribution in [1.82, 2.24) is 15.0 Å². The molecule has 2 N–H and O–H groups in total. The van der Waals surface area contributed by atoms with Crippen LogP contribution in [-0.4, -0.2) is 20.9 Å². The topological polar surface area (TPSA) is 87.7 Å². The molecule has 0 radical (unpaired) electrons. The third kappa shape index (κ3) is 3.16. The van der Waals surface area contributed by atoms with Crippen molar-refractivity contribution in [2.45, 2.75) is 32.6 Å². The van der Waals surface area contributed by atoms with Crippen molar-refractivity contribution in [3.63, 3.8) is 0 Å². The average Bonchev–Trinajstić information content (AvgIpc) is 3.20. The lowest BCUT2D eigenvalue weighted by atomic mass is 10.2. The van der Waals surface area contributed by atoms with Gasteiger partial charge in [0, 0.05) is 35.0 Å². The van der Waals surface area contributed by atoms with Gasteiger partial charge in [0.1, 0.15) is 11.6 Å². The largest absolute Gasteiger partial charge is 0.326 e. The highest BCUT2D eigenvalue weighted by molar-refractivity contribution is 6.03. The van der Waals surface area contributed by atoms with Gasteiger partial charge in [-0.1, -0.05) is 0 Å². The predicted molar refractivity (Wildman–Crippen MR) is 78.5 cm³/mol. The lowest BCUT2D eigenvalue weighted by Crippen LogP contribution is -2.18. The Balaban J connectivity index is 1.85. The van der Waals surface area contributed by atoms with Gasteiger partial charge in [0.2, 0.25) is 5.56 Å². The van der Waals surface area contributed by atoms with E-state index in [-0.39, 0.29) is 11.5 Å². The van der Waals surface area contributed by atoms with E-state index in [9.17, 15) is 9.59 Å². The molecule has 21 heavy (non-hydrogen) atoms. The van der Waals surface area contributed by atoms with E-state index in [1.807, 2.05) is 6.07 Å². The van der Waals surface area contributed by atoms with Crippen LogP contribution in [0, 0.1) is 13.8 Å². The fraction of sp³-hybridized carbons (Fsp3) is 0.333. The van der Waals surface area contributed by atoms with Gasteiger partial charge in [-0.25, -0.2) is 9.97 Å². The Hall–Kier alpha value is -2.50. The second-order valence-electron chi connectivity index (χ2n) is 5.37. The van der Waals surface area contributed by atoms with Crippen LogP contribution in [-0.2, 0) is 0 Å². The number of carbonyl (C=O) groups excluding carboxylic acids is 1. The molecule has 6 nitrogen and oxygen atoms in total. The molecule has 0 spiro atoms. The van der Waals surface area contributed by atoms with E-state index in [1.54, 1.807) is 19.9 Å². The highest BCUT2D eigenvalue weighted by Gasteiger charge is 2.26. The standard InChI is InChI=1S/C15H16N4O2/c1-8-5-11(6-14(20)16-8)15(21)19-13-7-12(10-3-4-10)17-9(2)18-13/h5-7,10H,3-4H2,1-2H3,(H,16,20)(H,17,18,19,21). The van der Waals surface area contributed by atoms with Crippen LogP contribution >= 0.6 is 0 Å². The molecular formula is C15H16N4O2. The molecule has 0 aromatic carbocycles. The first-order valence-corrected chi connectivity index (χ1v) is 6.89. The van der Waals surface area contributed by atoms with Crippen molar-refractivity contribution in [3.8, 4) is 0 Å². The SMILES string of the molecule is Cc1nc(NC(=O)c2cc(C)[nH]c(=O)c2)cc(C2CC2)n1. The van der Waals surface area contributed by atoms with Crippen molar-refractivity contribution in [3.05, 3.63) is 51.3 Å². The van der Waals surface area contributed by atoms with Crippen molar-refractivity contribution in [1.29, 1.82) is 0 Å². The summed E-state index contributed by atoms with van der Waals surface area (Å²) in [5, 5.41) is 2.73. The summed E-state index contributed by atoms with van der Waals surface area (Å²) >= 11 is 0. The average molecular weight is 284 g/mol. The van der Waals surface area contributed by atoms with Crippen molar-refractivity contribution in [2.75, 3.05) is 5.32 Å². The predicted octanol–water partition coefficient (Wildman–Crippen LogP) is 1.91. The summed E-state index contributed by atoms with van der Waals surface area (Å²) in [5.74, 6) is 1.26. The molecular weight excluding hydrogens is 268 g/mol. The maximum absolute atomic E-state index is 12.2. The highest BCUT2D eigenvalue weighted by Crippen LogP contribution is 2.39. The maximum Gasteiger partial charge on any atom is 0.257 e. The van der Waals surface area contributed by atoms with E-state index in [0.717, 1.165) is 18.5 Å². The minimum absolute atomic E-state index is 0.294. The van der Waals surface area contributed by atoms with Crippen LogP contribution in [0.1, 0.15) is 46.3 Å². The Morgan fingerprint density at radius 1 is 1.24 bits per heavy atom. The molecule has 0 bridgehead atoms. The Kier molecular flexibility index (Phi) is 3.29. The number of nitrogens with zero attached hydrogens (tertiary/aromatic N) is 2. The molecule has 2 aromatic rings. The number of aromatic amines is 1.